The highest BCUT2D eigenvalue weighted by atomic mass is 35.5. The van der Waals surface area contributed by atoms with Crippen molar-refractivity contribution in [3.8, 4) is 0 Å². The summed E-state index contributed by atoms with van der Waals surface area (Å²) in [5.41, 5.74) is 0.596. The molecule has 4 aliphatic rings. The van der Waals surface area contributed by atoms with Crippen LogP contribution >= 0.6 is 11.6 Å². The molecular weight excluding hydrogens is 658 g/mol. The number of nitrogens with zero attached hydrogens (tertiary/aromatic N) is 2. The molecule has 0 aromatic heterocycles. The number of halogens is 1. The van der Waals surface area contributed by atoms with Crippen LogP contribution in [0.5, 0.6) is 0 Å². The van der Waals surface area contributed by atoms with E-state index in [1.54, 1.807) is 41.3 Å². The first-order valence-electron chi connectivity index (χ1n) is 16.9. The fourth-order valence-corrected chi connectivity index (χ4v) is 7.83. The van der Waals surface area contributed by atoms with Crippen LogP contribution in [0, 0.1) is 11.8 Å². The maximum absolute atomic E-state index is 15.1. The number of fused-ring (bicyclic) bond motifs is 2. The summed E-state index contributed by atoms with van der Waals surface area (Å²) >= 11 is 6.22. The van der Waals surface area contributed by atoms with Gasteiger partial charge in [0.1, 0.15) is 23.7 Å². The van der Waals surface area contributed by atoms with Gasteiger partial charge in [-0.2, -0.15) is 0 Å². The number of cyclic esters (lactones) is 1. The number of benzene rings is 3. The number of amides is 3. The molecule has 7 rings (SSSR count). The van der Waals surface area contributed by atoms with Crippen molar-refractivity contribution in [3.63, 3.8) is 0 Å². The molecular formula is C39H38ClN3O7. The number of hydrogen-bond acceptors (Lipinski definition) is 7. The van der Waals surface area contributed by atoms with Gasteiger partial charge in [0, 0.05) is 23.7 Å². The van der Waals surface area contributed by atoms with E-state index in [9.17, 15) is 19.5 Å². The number of hydrogen-bond donors (Lipinski definition) is 2. The fourth-order valence-electron chi connectivity index (χ4n) is 7.70. The number of nitrogens with one attached hydrogen (secondary N) is 1. The number of rotatable bonds is 6. The van der Waals surface area contributed by atoms with Crippen LogP contribution in [0.3, 0.4) is 0 Å². The summed E-state index contributed by atoms with van der Waals surface area (Å²) in [6.07, 6.45) is 6.34. The van der Waals surface area contributed by atoms with E-state index in [1.165, 1.54) is 4.90 Å². The average Bonchev–Trinajstić information content (AvgIpc) is 3.78. The summed E-state index contributed by atoms with van der Waals surface area (Å²) in [5.74, 6) is -3.95. The Morgan fingerprint density at radius 1 is 0.920 bits per heavy atom. The number of allylic oxidation sites excluding steroid dienone is 1. The number of carbonyl (C=O) groups is 4. The molecule has 1 spiro atoms. The van der Waals surface area contributed by atoms with Gasteiger partial charge in [0.15, 0.2) is 0 Å². The monoisotopic (exact) mass is 695 g/mol. The number of aliphatic hydroxyl groups excluding tert-OH is 1. The number of carbonyl (C=O) groups excluding carboxylic acids is 4. The molecule has 2 N–H and O–H groups in total. The van der Waals surface area contributed by atoms with E-state index >= 15 is 4.79 Å². The maximum atomic E-state index is 15.1. The van der Waals surface area contributed by atoms with Gasteiger partial charge in [-0.25, -0.2) is 0 Å². The summed E-state index contributed by atoms with van der Waals surface area (Å²) in [4.78, 5) is 60.0. The van der Waals surface area contributed by atoms with Crippen molar-refractivity contribution in [1.82, 2.24) is 10.2 Å². The molecule has 258 valence electrons. The van der Waals surface area contributed by atoms with Crippen molar-refractivity contribution in [2.45, 2.75) is 49.2 Å². The van der Waals surface area contributed by atoms with E-state index in [2.05, 4.69) is 5.32 Å². The molecule has 2 saturated heterocycles. The van der Waals surface area contributed by atoms with Gasteiger partial charge in [0.25, 0.3) is 5.91 Å². The zero-order valence-electron chi connectivity index (χ0n) is 27.3. The summed E-state index contributed by atoms with van der Waals surface area (Å²) in [6.45, 7) is -0.262. The molecule has 4 aliphatic heterocycles. The lowest BCUT2D eigenvalue weighted by atomic mass is 9.74. The van der Waals surface area contributed by atoms with Crippen molar-refractivity contribution >= 4 is 41.0 Å². The minimum absolute atomic E-state index is 0.0391. The van der Waals surface area contributed by atoms with Gasteiger partial charge in [0.05, 0.1) is 31.2 Å². The number of esters is 1. The van der Waals surface area contributed by atoms with Crippen molar-refractivity contribution in [3.05, 3.63) is 125 Å². The second-order valence-electron chi connectivity index (χ2n) is 13.0. The summed E-state index contributed by atoms with van der Waals surface area (Å²) in [6, 6.07) is 23.3. The third-order valence-electron chi connectivity index (χ3n) is 10.0. The molecule has 7 atom stereocenters. The molecule has 10 nitrogen and oxygen atoms in total. The predicted octanol–water partition coefficient (Wildman–Crippen LogP) is 4.18. The Kier molecular flexibility index (Phi) is 9.59. The van der Waals surface area contributed by atoms with Gasteiger partial charge < -0.3 is 29.7 Å². The van der Waals surface area contributed by atoms with Crippen LogP contribution in [-0.4, -0.2) is 77.2 Å². The topological polar surface area (TPSA) is 125 Å². The Balaban J connectivity index is 1.33. The van der Waals surface area contributed by atoms with E-state index in [0.29, 0.717) is 22.7 Å². The number of anilines is 1. The van der Waals surface area contributed by atoms with Crippen molar-refractivity contribution in [2.75, 3.05) is 24.6 Å². The second-order valence-corrected chi connectivity index (χ2v) is 13.5. The molecule has 3 amide bonds. The van der Waals surface area contributed by atoms with Crippen LogP contribution in [0.15, 0.2) is 109 Å². The first kappa shape index (κ1) is 33.7. The summed E-state index contributed by atoms with van der Waals surface area (Å²) < 4.78 is 12.7. The Bertz CT molecular complexity index is 1800. The predicted molar refractivity (Wildman–Crippen MR) is 186 cm³/mol. The van der Waals surface area contributed by atoms with E-state index in [0.717, 1.165) is 5.56 Å². The highest BCUT2D eigenvalue weighted by Gasteiger charge is 2.74. The first-order valence-corrected chi connectivity index (χ1v) is 17.3. The highest BCUT2D eigenvalue weighted by Crippen LogP contribution is 2.56. The molecule has 3 aromatic carbocycles. The lowest BCUT2D eigenvalue weighted by molar-refractivity contribution is -0.160. The standard InChI is InChI=1S/C39H38ClN3O7/c40-27-15-17-28(18-16-27)42-21-9-3-8-14-32(45)41-23-31(26-12-6-2-7-13-26)49-38(48)33-30-19-20-39(50-30)34(33)36(46)43(35(39)37(42)47)29(24-44)22-25-10-4-1-5-11-25/h1-7,9-13,15-20,29-31,33-35,44H,8,14,21-24H2,(H,41,45)/b9-3-/t29-,30-,31-,33+,34+,35-,39+/m1/s1. The van der Waals surface area contributed by atoms with Crippen LogP contribution in [0.4, 0.5) is 5.69 Å². The first-order chi connectivity index (χ1) is 24.3. The Hall–Kier alpha value is -4.77. The van der Waals surface area contributed by atoms with E-state index in [4.69, 9.17) is 21.1 Å². The molecule has 11 heteroatoms. The van der Waals surface area contributed by atoms with Crippen LogP contribution in [-0.2, 0) is 35.1 Å². The Morgan fingerprint density at radius 2 is 1.64 bits per heavy atom. The van der Waals surface area contributed by atoms with Gasteiger partial charge in [0.2, 0.25) is 11.8 Å². The lowest BCUT2D eigenvalue weighted by Crippen LogP contribution is -2.59. The van der Waals surface area contributed by atoms with Crippen LogP contribution < -0.4 is 10.2 Å². The van der Waals surface area contributed by atoms with Crippen molar-refractivity contribution in [2.24, 2.45) is 11.8 Å². The van der Waals surface area contributed by atoms with Gasteiger partial charge in [-0.05, 0) is 48.2 Å². The molecule has 2 fully saturated rings. The quantitative estimate of drug-likeness (QED) is 0.293. The summed E-state index contributed by atoms with van der Waals surface area (Å²) in [5, 5.41) is 14.2. The Morgan fingerprint density at radius 3 is 2.36 bits per heavy atom. The van der Waals surface area contributed by atoms with Crippen LogP contribution in [0.25, 0.3) is 0 Å². The molecule has 4 heterocycles. The zero-order valence-corrected chi connectivity index (χ0v) is 28.0. The molecule has 0 saturated carbocycles. The lowest BCUT2D eigenvalue weighted by Gasteiger charge is -2.39. The van der Waals surface area contributed by atoms with Gasteiger partial charge in [-0.3, -0.25) is 19.2 Å². The fraction of sp³-hybridized carbons (Fsp3) is 0.333. The largest absolute Gasteiger partial charge is 0.455 e. The maximum Gasteiger partial charge on any atom is 0.313 e. The second kappa shape index (κ2) is 14.2. The number of aliphatic hydroxyl groups is 1. The number of ether oxygens (including phenoxy) is 2. The molecule has 0 radical (unpaired) electrons. The zero-order chi connectivity index (χ0) is 34.8. The smallest absolute Gasteiger partial charge is 0.313 e. The van der Waals surface area contributed by atoms with E-state index in [-0.39, 0.29) is 31.8 Å². The third kappa shape index (κ3) is 6.23. The van der Waals surface area contributed by atoms with Gasteiger partial charge >= 0.3 is 5.97 Å². The third-order valence-corrected chi connectivity index (χ3v) is 10.3. The minimum Gasteiger partial charge on any atom is -0.455 e. The molecule has 50 heavy (non-hydrogen) atoms. The van der Waals surface area contributed by atoms with Crippen LogP contribution in [0.2, 0.25) is 5.02 Å². The van der Waals surface area contributed by atoms with E-state index in [1.807, 2.05) is 72.8 Å². The molecule has 5 bridgehead atoms. The minimum atomic E-state index is -1.49. The van der Waals surface area contributed by atoms with Gasteiger partial charge in [-0.1, -0.05) is 96.6 Å². The SMILES string of the molecule is O=C1CC/C=C\CN(c2ccc(Cl)cc2)C(=O)[C@H]2N([C@@H](CO)Cc3ccccc3)C(=O)[C@@H]3[C@@H](C(=O)O[C@@H](c4ccccc4)CN1)[C@H]1C=C[C@]32O1. The highest BCUT2D eigenvalue weighted by molar-refractivity contribution is 6.30. The molecule has 0 unspecified atom stereocenters. The molecule has 0 aliphatic carbocycles. The van der Waals surface area contributed by atoms with Gasteiger partial charge in [-0.15, -0.1) is 0 Å². The number of likely N-dealkylation sites (tertiary alicyclic amines) is 1. The van der Waals surface area contributed by atoms with Crippen molar-refractivity contribution < 1.29 is 33.8 Å². The normalized spacial score (nSPS) is 29.4. The van der Waals surface area contributed by atoms with Crippen molar-refractivity contribution in [1.29, 1.82) is 0 Å². The average molecular weight is 696 g/mol. The van der Waals surface area contributed by atoms with Crippen LogP contribution in [0.1, 0.15) is 30.1 Å². The summed E-state index contributed by atoms with van der Waals surface area (Å²) in [7, 11) is 0. The Labute approximate surface area is 295 Å². The molecule has 3 aromatic rings. The van der Waals surface area contributed by atoms with E-state index < -0.39 is 66.1 Å².